The predicted molar refractivity (Wildman–Crippen MR) is 85.1 cm³/mol. The zero-order valence-electron chi connectivity index (χ0n) is 11.1. The second-order valence-corrected chi connectivity index (χ2v) is 6.62. The molecule has 1 aliphatic rings. The lowest BCUT2D eigenvalue weighted by molar-refractivity contribution is 0.673. The monoisotopic (exact) mass is 287 g/mol. The van der Waals surface area contributed by atoms with Gasteiger partial charge in [-0.25, -0.2) is 0 Å². The molecule has 0 aromatic heterocycles. The number of rotatable bonds is 2. The molecule has 5 heteroatoms. The summed E-state index contributed by atoms with van der Waals surface area (Å²) in [7, 11) is -0.676. The maximum atomic E-state index is 11.5. The van der Waals surface area contributed by atoms with Gasteiger partial charge in [0.15, 0.2) is 0 Å². The van der Waals surface area contributed by atoms with Crippen LogP contribution in [0, 0.1) is 5.41 Å². The maximum Gasteiger partial charge on any atom is 0.123 e. The quantitative estimate of drug-likeness (QED) is 0.652. The summed E-state index contributed by atoms with van der Waals surface area (Å²) >= 11 is 0. The molecule has 2 aromatic rings. The average Bonchev–Trinajstić information content (AvgIpc) is 2.47. The minimum atomic E-state index is -0.676. The van der Waals surface area contributed by atoms with Gasteiger partial charge in [-0.2, -0.15) is 0 Å². The third kappa shape index (κ3) is 2.29. The Morgan fingerprint density at radius 2 is 1.75 bits per heavy atom. The van der Waals surface area contributed by atoms with E-state index in [0.29, 0.717) is 0 Å². The van der Waals surface area contributed by atoms with Crippen LogP contribution in [0.3, 0.4) is 0 Å². The van der Waals surface area contributed by atoms with Crippen molar-refractivity contribution in [3.63, 3.8) is 0 Å². The Kier molecular flexibility index (Phi) is 3.44. The lowest BCUT2D eigenvalue weighted by Crippen LogP contribution is -2.37. The van der Waals surface area contributed by atoms with Gasteiger partial charge in [-0.05, 0) is 17.5 Å². The molecule has 0 radical (unpaired) electrons. The van der Waals surface area contributed by atoms with E-state index in [0.717, 1.165) is 46.6 Å². The SMILES string of the molecule is N=C(N)c1ccc(N2CCS(=O)CC2)c2ccccc12. The van der Waals surface area contributed by atoms with Crippen molar-refractivity contribution < 1.29 is 4.21 Å². The smallest absolute Gasteiger partial charge is 0.123 e. The highest BCUT2D eigenvalue weighted by molar-refractivity contribution is 7.85. The van der Waals surface area contributed by atoms with Gasteiger partial charge in [0.1, 0.15) is 5.84 Å². The van der Waals surface area contributed by atoms with Crippen molar-refractivity contribution in [3.8, 4) is 0 Å². The van der Waals surface area contributed by atoms with Crippen LogP contribution in [0.5, 0.6) is 0 Å². The third-order valence-electron chi connectivity index (χ3n) is 3.71. The molecule has 4 nitrogen and oxygen atoms in total. The highest BCUT2D eigenvalue weighted by Gasteiger charge is 2.18. The molecule has 0 bridgehead atoms. The molecule has 1 heterocycles. The van der Waals surface area contributed by atoms with Crippen molar-refractivity contribution in [2.75, 3.05) is 29.5 Å². The summed E-state index contributed by atoms with van der Waals surface area (Å²) in [6.07, 6.45) is 0. The van der Waals surface area contributed by atoms with Crippen LogP contribution < -0.4 is 10.6 Å². The van der Waals surface area contributed by atoms with Crippen molar-refractivity contribution in [1.29, 1.82) is 5.41 Å². The van der Waals surface area contributed by atoms with Crippen LogP contribution in [0.1, 0.15) is 5.56 Å². The number of nitrogen functional groups attached to an aromatic ring is 1. The van der Waals surface area contributed by atoms with Crippen molar-refractivity contribution in [1.82, 2.24) is 0 Å². The van der Waals surface area contributed by atoms with Gasteiger partial charge in [0.05, 0.1) is 0 Å². The van der Waals surface area contributed by atoms with E-state index in [2.05, 4.69) is 11.0 Å². The molecule has 0 spiro atoms. The lowest BCUT2D eigenvalue weighted by atomic mass is 10.0. The van der Waals surface area contributed by atoms with Gasteiger partial charge in [0, 0.05) is 52.0 Å². The highest BCUT2D eigenvalue weighted by atomic mass is 32.2. The second kappa shape index (κ2) is 5.25. The molecule has 0 unspecified atom stereocenters. The first kappa shape index (κ1) is 13.1. The second-order valence-electron chi connectivity index (χ2n) is 4.93. The molecule has 2 aromatic carbocycles. The summed E-state index contributed by atoms with van der Waals surface area (Å²) in [6, 6.07) is 11.9. The Morgan fingerprint density at radius 3 is 2.40 bits per heavy atom. The van der Waals surface area contributed by atoms with Crippen LogP contribution in [-0.4, -0.2) is 34.6 Å². The molecule has 0 saturated carbocycles. The number of benzene rings is 2. The zero-order chi connectivity index (χ0) is 14.1. The Hall–Kier alpha value is -1.88. The number of nitrogens with two attached hydrogens (primary N) is 1. The molecule has 3 rings (SSSR count). The molecular weight excluding hydrogens is 270 g/mol. The Morgan fingerprint density at radius 1 is 1.10 bits per heavy atom. The van der Waals surface area contributed by atoms with Gasteiger partial charge in [-0.3, -0.25) is 9.62 Å². The van der Waals surface area contributed by atoms with E-state index in [1.54, 1.807) is 0 Å². The van der Waals surface area contributed by atoms with Crippen LogP contribution in [0.15, 0.2) is 36.4 Å². The van der Waals surface area contributed by atoms with E-state index in [-0.39, 0.29) is 5.84 Å². The number of amidine groups is 1. The summed E-state index contributed by atoms with van der Waals surface area (Å²) in [4.78, 5) is 2.27. The van der Waals surface area contributed by atoms with Crippen LogP contribution in [0.4, 0.5) is 5.69 Å². The third-order valence-corrected chi connectivity index (χ3v) is 4.99. The van der Waals surface area contributed by atoms with Crippen LogP contribution in [0.2, 0.25) is 0 Å². The topological polar surface area (TPSA) is 70.2 Å². The molecule has 0 atom stereocenters. The first-order valence-corrected chi connectivity index (χ1v) is 8.11. The van der Waals surface area contributed by atoms with E-state index in [1.807, 2.05) is 30.3 Å². The average molecular weight is 287 g/mol. The van der Waals surface area contributed by atoms with Gasteiger partial charge in [-0.15, -0.1) is 0 Å². The van der Waals surface area contributed by atoms with E-state index < -0.39 is 10.8 Å². The number of fused-ring (bicyclic) bond motifs is 1. The van der Waals surface area contributed by atoms with Crippen molar-refractivity contribution in [2.24, 2.45) is 5.73 Å². The summed E-state index contributed by atoms with van der Waals surface area (Å²) in [5, 5.41) is 9.79. The fourth-order valence-electron chi connectivity index (χ4n) is 2.67. The van der Waals surface area contributed by atoms with Crippen molar-refractivity contribution >= 4 is 33.1 Å². The van der Waals surface area contributed by atoms with Gasteiger partial charge in [0.2, 0.25) is 0 Å². The van der Waals surface area contributed by atoms with E-state index >= 15 is 0 Å². The highest BCUT2D eigenvalue weighted by Crippen LogP contribution is 2.30. The van der Waals surface area contributed by atoms with E-state index in [4.69, 9.17) is 11.1 Å². The molecule has 1 saturated heterocycles. The van der Waals surface area contributed by atoms with Gasteiger partial charge in [0.25, 0.3) is 0 Å². The van der Waals surface area contributed by atoms with Crippen LogP contribution >= 0.6 is 0 Å². The standard InChI is InChI=1S/C15H17N3OS/c16-15(17)13-5-6-14(12-4-2-1-3-11(12)13)18-7-9-20(19)10-8-18/h1-6H,7-10H2,(H3,16,17). The maximum absolute atomic E-state index is 11.5. The van der Waals surface area contributed by atoms with Crippen LogP contribution in [0.25, 0.3) is 10.8 Å². The molecule has 1 fully saturated rings. The zero-order valence-corrected chi connectivity index (χ0v) is 12.0. The molecule has 104 valence electrons. The van der Waals surface area contributed by atoms with E-state index in [1.165, 1.54) is 0 Å². The molecule has 0 amide bonds. The number of hydrogen-bond acceptors (Lipinski definition) is 3. The first-order valence-electron chi connectivity index (χ1n) is 6.63. The van der Waals surface area contributed by atoms with Gasteiger partial charge >= 0.3 is 0 Å². The molecule has 3 N–H and O–H groups in total. The van der Waals surface area contributed by atoms with Crippen LogP contribution in [-0.2, 0) is 10.8 Å². The number of hydrogen-bond donors (Lipinski definition) is 2. The molecule has 20 heavy (non-hydrogen) atoms. The molecule has 0 aliphatic carbocycles. The van der Waals surface area contributed by atoms with Crippen molar-refractivity contribution in [2.45, 2.75) is 0 Å². The summed E-state index contributed by atoms with van der Waals surface area (Å²) in [6.45, 7) is 1.63. The first-order chi connectivity index (χ1) is 9.66. The predicted octanol–water partition coefficient (Wildman–Crippen LogP) is 1.69. The lowest BCUT2D eigenvalue weighted by Gasteiger charge is -2.29. The largest absolute Gasteiger partial charge is 0.384 e. The number of nitrogens with one attached hydrogen (secondary N) is 1. The van der Waals surface area contributed by atoms with Crippen molar-refractivity contribution in [3.05, 3.63) is 42.0 Å². The summed E-state index contributed by atoms with van der Waals surface area (Å²) < 4.78 is 11.5. The Labute approximate surface area is 120 Å². The van der Waals surface area contributed by atoms with E-state index in [9.17, 15) is 4.21 Å². The molecule has 1 aliphatic heterocycles. The van der Waals surface area contributed by atoms with Gasteiger partial charge in [-0.1, -0.05) is 24.3 Å². The minimum Gasteiger partial charge on any atom is -0.384 e. The Bertz CT molecular complexity index is 689. The van der Waals surface area contributed by atoms with Gasteiger partial charge < -0.3 is 10.6 Å². The summed E-state index contributed by atoms with van der Waals surface area (Å²) in [5.74, 6) is 1.54. The Balaban J connectivity index is 2.11. The number of nitrogens with zero attached hydrogens (tertiary/aromatic N) is 1. The summed E-state index contributed by atoms with van der Waals surface area (Å²) in [5.41, 5.74) is 7.57. The fraction of sp³-hybridized carbons (Fsp3) is 0.267. The minimum absolute atomic E-state index is 0.0903. The normalized spacial score (nSPS) is 16.5. The number of anilines is 1. The molecular formula is C15H17N3OS. The fourth-order valence-corrected chi connectivity index (χ4v) is 3.72.